The lowest BCUT2D eigenvalue weighted by atomic mass is 10.1. The van der Waals surface area contributed by atoms with Gasteiger partial charge in [0.15, 0.2) is 20.7 Å². The Hall–Kier alpha value is -1.22. The molecule has 0 saturated carbocycles. The van der Waals surface area contributed by atoms with Gasteiger partial charge in [0.05, 0.1) is 26.2 Å². The van der Waals surface area contributed by atoms with E-state index in [0.717, 1.165) is 58.9 Å². The molecule has 1 aliphatic heterocycles. The number of carbonyl (C=O) groups excluding carboxylic acids is 1. The number of ketones is 1. The smallest absolute Gasteiger partial charge is 0.185 e. The summed E-state index contributed by atoms with van der Waals surface area (Å²) in [6.45, 7) is 8.76. The Morgan fingerprint density at radius 2 is 2.00 bits per heavy atom. The monoisotopic (exact) mass is 409 g/mol. The molecule has 5 nitrogen and oxygen atoms in total. The molecule has 0 unspecified atom stereocenters. The number of benzene rings is 1. The molecule has 0 spiro atoms. The van der Waals surface area contributed by atoms with Gasteiger partial charge in [-0.1, -0.05) is 30.0 Å². The zero-order chi connectivity index (χ0) is 18.5. The van der Waals surface area contributed by atoms with Gasteiger partial charge in [-0.3, -0.25) is 4.79 Å². The van der Waals surface area contributed by atoms with Crippen LogP contribution in [-0.4, -0.2) is 47.5 Å². The first-order valence-electron chi connectivity index (χ1n) is 8.97. The third-order valence-electron chi connectivity index (χ3n) is 4.50. The van der Waals surface area contributed by atoms with Crippen LogP contribution in [0.25, 0.3) is 0 Å². The Morgan fingerprint density at radius 3 is 2.62 bits per heavy atom. The number of nitrogens with one attached hydrogen (secondary N) is 1. The van der Waals surface area contributed by atoms with E-state index < -0.39 is 0 Å². The van der Waals surface area contributed by atoms with Crippen LogP contribution in [0.15, 0.2) is 28.6 Å². The molecule has 0 radical (unpaired) electrons. The summed E-state index contributed by atoms with van der Waals surface area (Å²) >= 11 is 8.90. The van der Waals surface area contributed by atoms with Gasteiger partial charge in [0.2, 0.25) is 0 Å². The van der Waals surface area contributed by atoms with Crippen molar-refractivity contribution in [2.24, 2.45) is 0 Å². The SMILES string of the molecule is CCCSc1nn(C[NH+]2CCN(c3ccc(C(C)=O)cc3)CC2)c(=S)s1. The zero-order valence-corrected chi connectivity index (χ0v) is 17.7. The van der Waals surface area contributed by atoms with Gasteiger partial charge in [-0.05, 0) is 49.8 Å². The molecule has 26 heavy (non-hydrogen) atoms. The topological polar surface area (TPSA) is 42.6 Å². The van der Waals surface area contributed by atoms with E-state index in [4.69, 9.17) is 12.2 Å². The van der Waals surface area contributed by atoms with E-state index in [1.54, 1.807) is 30.0 Å². The van der Waals surface area contributed by atoms with Crippen LogP contribution in [0, 0.1) is 3.95 Å². The first-order valence-corrected chi connectivity index (χ1v) is 11.2. The number of aromatic nitrogens is 2. The molecule has 1 aliphatic rings. The van der Waals surface area contributed by atoms with E-state index in [2.05, 4.69) is 29.1 Å². The molecule has 0 aliphatic carbocycles. The van der Waals surface area contributed by atoms with Crippen LogP contribution < -0.4 is 9.80 Å². The normalized spacial score (nSPS) is 15.4. The summed E-state index contributed by atoms with van der Waals surface area (Å²) < 4.78 is 3.95. The van der Waals surface area contributed by atoms with Gasteiger partial charge in [0, 0.05) is 17.0 Å². The van der Waals surface area contributed by atoms with Crippen molar-refractivity contribution < 1.29 is 9.69 Å². The van der Waals surface area contributed by atoms with Gasteiger partial charge >= 0.3 is 0 Å². The molecule has 1 aromatic carbocycles. The van der Waals surface area contributed by atoms with Crippen molar-refractivity contribution in [2.75, 3.05) is 36.8 Å². The molecular weight excluding hydrogens is 384 g/mol. The van der Waals surface area contributed by atoms with Crippen LogP contribution in [0.5, 0.6) is 0 Å². The summed E-state index contributed by atoms with van der Waals surface area (Å²) in [5, 5.41) is 4.67. The highest BCUT2D eigenvalue weighted by Gasteiger charge is 2.21. The first-order chi connectivity index (χ1) is 12.6. The van der Waals surface area contributed by atoms with Crippen LogP contribution in [0.2, 0.25) is 0 Å². The van der Waals surface area contributed by atoms with E-state index in [1.165, 1.54) is 10.6 Å². The number of nitrogens with zero attached hydrogens (tertiary/aromatic N) is 3. The maximum atomic E-state index is 11.4. The minimum absolute atomic E-state index is 0.113. The van der Waals surface area contributed by atoms with Crippen molar-refractivity contribution in [1.82, 2.24) is 9.78 Å². The number of carbonyl (C=O) groups is 1. The summed E-state index contributed by atoms with van der Waals surface area (Å²) in [4.78, 5) is 15.3. The molecule has 0 atom stereocenters. The van der Waals surface area contributed by atoms with E-state index in [9.17, 15) is 4.79 Å². The molecule has 1 N–H and O–H groups in total. The number of Topliss-reactive ketones (excluding diaryl/α,β-unsaturated/α-hetero) is 1. The summed E-state index contributed by atoms with van der Waals surface area (Å²) in [5.41, 5.74) is 1.96. The van der Waals surface area contributed by atoms with Gasteiger partial charge < -0.3 is 9.80 Å². The molecule has 2 aromatic rings. The number of rotatable bonds is 7. The Balaban J connectivity index is 1.54. The summed E-state index contributed by atoms with van der Waals surface area (Å²) in [7, 11) is 0. The number of hydrogen-bond donors (Lipinski definition) is 1. The lowest BCUT2D eigenvalue weighted by Gasteiger charge is -2.33. The predicted octanol–water partition coefficient (Wildman–Crippen LogP) is 2.74. The number of hydrogen-bond acceptors (Lipinski definition) is 6. The molecule has 1 fully saturated rings. The molecule has 0 bridgehead atoms. The maximum Gasteiger partial charge on any atom is 0.185 e. The summed E-state index contributed by atoms with van der Waals surface area (Å²) in [6, 6.07) is 7.94. The van der Waals surface area contributed by atoms with Gasteiger partial charge in [-0.2, -0.15) is 4.68 Å². The van der Waals surface area contributed by atoms with E-state index in [0.29, 0.717) is 0 Å². The minimum Gasteiger partial charge on any atom is -0.360 e. The quantitative estimate of drug-likeness (QED) is 0.433. The van der Waals surface area contributed by atoms with Crippen LogP contribution in [0.4, 0.5) is 5.69 Å². The standard InChI is InChI=1S/C18H24N4OS3/c1-3-12-25-17-19-22(18(24)26-17)13-20-8-10-21(11-9-20)16-6-4-15(5-7-16)14(2)23/h4-7H,3,8-13H2,1-2H3/p+1. The van der Waals surface area contributed by atoms with Gasteiger partial charge in [0.25, 0.3) is 0 Å². The van der Waals surface area contributed by atoms with E-state index >= 15 is 0 Å². The van der Waals surface area contributed by atoms with Crippen molar-refractivity contribution in [2.45, 2.75) is 31.3 Å². The largest absolute Gasteiger partial charge is 0.360 e. The Labute approximate surface area is 168 Å². The van der Waals surface area contributed by atoms with Crippen molar-refractivity contribution in [3.05, 3.63) is 33.8 Å². The van der Waals surface area contributed by atoms with Gasteiger partial charge in [-0.25, -0.2) is 0 Å². The molecule has 140 valence electrons. The fraction of sp³-hybridized carbons (Fsp3) is 0.500. The third-order valence-corrected chi connectivity index (χ3v) is 7.15. The Bertz CT molecular complexity index is 792. The average Bonchev–Trinajstić information content (AvgIpc) is 3.00. The van der Waals surface area contributed by atoms with Crippen molar-refractivity contribution in [3.8, 4) is 0 Å². The summed E-state index contributed by atoms with van der Waals surface area (Å²) in [6.07, 6.45) is 1.15. The lowest BCUT2D eigenvalue weighted by Crippen LogP contribution is -3.14. The molecule has 0 amide bonds. The van der Waals surface area contributed by atoms with Crippen molar-refractivity contribution in [3.63, 3.8) is 0 Å². The highest BCUT2D eigenvalue weighted by molar-refractivity contribution is 8.01. The fourth-order valence-corrected chi connectivity index (χ4v) is 5.25. The average molecular weight is 410 g/mol. The second-order valence-corrected chi connectivity index (χ2v) is 9.44. The third kappa shape index (κ3) is 4.94. The van der Waals surface area contributed by atoms with E-state index in [1.807, 2.05) is 16.8 Å². The fourth-order valence-electron chi connectivity index (χ4n) is 2.99. The molecule has 2 heterocycles. The van der Waals surface area contributed by atoms with Crippen LogP contribution in [-0.2, 0) is 6.67 Å². The van der Waals surface area contributed by atoms with Gasteiger partial charge in [-0.15, -0.1) is 5.10 Å². The second kappa shape index (κ2) is 9.12. The molecule has 1 saturated heterocycles. The maximum absolute atomic E-state index is 11.4. The van der Waals surface area contributed by atoms with Crippen molar-refractivity contribution >= 4 is 46.8 Å². The number of anilines is 1. The number of piperazine rings is 1. The summed E-state index contributed by atoms with van der Waals surface area (Å²) in [5.74, 6) is 1.21. The predicted molar refractivity (Wildman–Crippen MR) is 111 cm³/mol. The lowest BCUT2D eigenvalue weighted by molar-refractivity contribution is -0.924. The molecule has 8 heteroatoms. The van der Waals surface area contributed by atoms with E-state index in [-0.39, 0.29) is 5.78 Å². The minimum atomic E-state index is 0.113. The molecule has 1 aromatic heterocycles. The van der Waals surface area contributed by atoms with Gasteiger partial charge in [0.1, 0.15) is 0 Å². The van der Waals surface area contributed by atoms with Crippen LogP contribution >= 0.6 is 35.3 Å². The highest BCUT2D eigenvalue weighted by atomic mass is 32.2. The van der Waals surface area contributed by atoms with Crippen LogP contribution in [0.1, 0.15) is 30.6 Å². The molecular formula is C18H25N4OS3+. The van der Waals surface area contributed by atoms with Crippen LogP contribution in [0.3, 0.4) is 0 Å². The number of quaternary nitrogens is 1. The molecule has 3 rings (SSSR count). The second-order valence-electron chi connectivity index (χ2n) is 6.48. The number of thioether (sulfide) groups is 1. The Morgan fingerprint density at radius 1 is 1.31 bits per heavy atom. The Kier molecular flexibility index (Phi) is 6.86. The van der Waals surface area contributed by atoms with Crippen molar-refractivity contribution in [1.29, 1.82) is 0 Å². The first kappa shape index (κ1) is 19.5. The zero-order valence-electron chi connectivity index (χ0n) is 15.2. The highest BCUT2D eigenvalue weighted by Crippen LogP contribution is 2.22.